The van der Waals surface area contributed by atoms with E-state index in [0.717, 1.165) is 5.75 Å². The van der Waals surface area contributed by atoms with Gasteiger partial charge in [0.1, 0.15) is 5.75 Å². The fourth-order valence-electron chi connectivity index (χ4n) is 5.23. The molecule has 2 aliphatic rings. The van der Waals surface area contributed by atoms with Gasteiger partial charge in [-0.2, -0.15) is 0 Å². The number of hydrogen-bond acceptors (Lipinski definition) is 2. The molecule has 3 aromatic carbocycles. The van der Waals surface area contributed by atoms with Crippen LogP contribution in [0.15, 0.2) is 54.6 Å². The average Bonchev–Trinajstić information content (AvgIpc) is 2.83. The SMILES string of the molecule is Cc1ccc(C)c2c1N(C)C1(C=Cc3c(ccc4ccccc34)O1)C2(C)C. The highest BCUT2D eigenvalue weighted by atomic mass is 16.5. The largest absolute Gasteiger partial charge is 0.463 e. The predicted molar refractivity (Wildman–Crippen MR) is 114 cm³/mol. The van der Waals surface area contributed by atoms with Gasteiger partial charge in [0.25, 0.3) is 0 Å². The maximum Gasteiger partial charge on any atom is 0.211 e. The Hall–Kier alpha value is -2.74. The third kappa shape index (κ3) is 1.91. The van der Waals surface area contributed by atoms with E-state index in [1.165, 1.54) is 38.7 Å². The topological polar surface area (TPSA) is 12.5 Å². The Morgan fingerprint density at radius 1 is 0.889 bits per heavy atom. The van der Waals surface area contributed by atoms with Gasteiger partial charge in [-0.05, 0) is 73.4 Å². The summed E-state index contributed by atoms with van der Waals surface area (Å²) in [7, 11) is 2.16. The number of rotatable bonds is 0. The van der Waals surface area contributed by atoms with Crippen LogP contribution in [0.1, 0.15) is 36.1 Å². The summed E-state index contributed by atoms with van der Waals surface area (Å²) in [6.45, 7) is 9.01. The lowest BCUT2D eigenvalue weighted by atomic mass is 9.74. The van der Waals surface area contributed by atoms with E-state index >= 15 is 0 Å². The van der Waals surface area contributed by atoms with Crippen LogP contribution in [0.25, 0.3) is 16.8 Å². The second-order valence-corrected chi connectivity index (χ2v) is 8.44. The second kappa shape index (κ2) is 5.16. The summed E-state index contributed by atoms with van der Waals surface area (Å²) in [5.41, 5.74) is 5.78. The fourth-order valence-corrected chi connectivity index (χ4v) is 5.23. The van der Waals surface area contributed by atoms with Gasteiger partial charge in [0.15, 0.2) is 0 Å². The number of benzene rings is 3. The minimum absolute atomic E-state index is 0.174. The third-order valence-electron chi connectivity index (χ3n) is 6.61. The molecule has 5 rings (SSSR count). The van der Waals surface area contributed by atoms with Crippen molar-refractivity contribution < 1.29 is 4.74 Å². The summed E-state index contributed by atoms with van der Waals surface area (Å²) < 4.78 is 6.85. The Bertz CT molecular complexity index is 1120. The van der Waals surface area contributed by atoms with E-state index < -0.39 is 5.72 Å². The molecule has 2 aliphatic heterocycles. The molecule has 0 radical (unpaired) electrons. The van der Waals surface area contributed by atoms with Crippen molar-refractivity contribution in [1.29, 1.82) is 0 Å². The molecule has 2 heterocycles. The van der Waals surface area contributed by atoms with Crippen LogP contribution in [0.2, 0.25) is 0 Å². The molecule has 0 amide bonds. The van der Waals surface area contributed by atoms with Gasteiger partial charge in [-0.3, -0.25) is 0 Å². The first-order valence-electron chi connectivity index (χ1n) is 9.61. The summed E-state index contributed by atoms with van der Waals surface area (Å²) in [5.74, 6) is 0.958. The van der Waals surface area contributed by atoms with Crippen LogP contribution >= 0.6 is 0 Å². The molecule has 0 N–H and O–H groups in total. The van der Waals surface area contributed by atoms with Crippen molar-refractivity contribution in [3.05, 3.63) is 76.9 Å². The normalized spacial score (nSPS) is 22.0. The summed E-state index contributed by atoms with van der Waals surface area (Å²) in [5, 5.41) is 2.49. The molecule has 0 fully saturated rings. The van der Waals surface area contributed by atoms with Crippen molar-refractivity contribution in [1.82, 2.24) is 0 Å². The maximum atomic E-state index is 6.85. The van der Waals surface area contributed by atoms with E-state index in [0.29, 0.717) is 0 Å². The van der Waals surface area contributed by atoms with E-state index in [9.17, 15) is 0 Å². The zero-order valence-electron chi connectivity index (χ0n) is 16.6. The molecule has 27 heavy (non-hydrogen) atoms. The minimum Gasteiger partial charge on any atom is -0.463 e. The Morgan fingerprint density at radius 2 is 1.63 bits per heavy atom. The highest BCUT2D eigenvalue weighted by Crippen LogP contribution is 2.56. The molecule has 2 nitrogen and oxygen atoms in total. The molecule has 136 valence electrons. The predicted octanol–water partition coefficient (Wildman–Crippen LogP) is 5.99. The smallest absolute Gasteiger partial charge is 0.211 e. The quantitative estimate of drug-likeness (QED) is 0.491. The van der Waals surface area contributed by atoms with E-state index in [4.69, 9.17) is 4.74 Å². The molecule has 0 aromatic heterocycles. The average molecular weight is 355 g/mol. The van der Waals surface area contributed by atoms with E-state index in [1.54, 1.807) is 0 Å². The molecule has 2 heteroatoms. The maximum absolute atomic E-state index is 6.85. The first-order valence-corrected chi connectivity index (χ1v) is 9.61. The van der Waals surface area contributed by atoms with Gasteiger partial charge >= 0.3 is 0 Å². The lowest BCUT2D eigenvalue weighted by Crippen LogP contribution is -2.58. The zero-order valence-corrected chi connectivity index (χ0v) is 16.6. The van der Waals surface area contributed by atoms with Crippen molar-refractivity contribution in [2.45, 2.75) is 38.8 Å². The van der Waals surface area contributed by atoms with Crippen molar-refractivity contribution in [3.8, 4) is 5.75 Å². The molecule has 0 aliphatic carbocycles. The van der Waals surface area contributed by atoms with Crippen LogP contribution in [-0.2, 0) is 5.41 Å². The van der Waals surface area contributed by atoms with Crippen molar-refractivity contribution in [2.75, 3.05) is 11.9 Å². The molecular formula is C25H25NO. The number of likely N-dealkylation sites (N-methyl/N-ethyl adjacent to an activating group) is 1. The molecule has 0 saturated carbocycles. The van der Waals surface area contributed by atoms with Crippen LogP contribution in [0.3, 0.4) is 0 Å². The van der Waals surface area contributed by atoms with Gasteiger partial charge in [0.2, 0.25) is 5.72 Å². The van der Waals surface area contributed by atoms with Gasteiger partial charge in [-0.15, -0.1) is 0 Å². The molecular weight excluding hydrogens is 330 g/mol. The number of nitrogens with zero attached hydrogens (tertiary/aromatic N) is 1. The van der Waals surface area contributed by atoms with Crippen molar-refractivity contribution >= 4 is 22.5 Å². The van der Waals surface area contributed by atoms with Gasteiger partial charge in [0.05, 0.1) is 5.41 Å². The minimum atomic E-state index is -0.526. The zero-order chi connectivity index (χ0) is 19.0. The molecule has 1 unspecified atom stereocenters. The number of anilines is 1. The number of ether oxygens (including phenoxy) is 1. The van der Waals surface area contributed by atoms with Gasteiger partial charge in [0, 0.05) is 18.3 Å². The van der Waals surface area contributed by atoms with Crippen LogP contribution in [-0.4, -0.2) is 12.8 Å². The Labute approximate surface area is 161 Å². The van der Waals surface area contributed by atoms with Crippen LogP contribution in [0, 0.1) is 13.8 Å². The third-order valence-corrected chi connectivity index (χ3v) is 6.61. The lowest BCUT2D eigenvalue weighted by Gasteiger charge is -2.46. The van der Waals surface area contributed by atoms with Gasteiger partial charge < -0.3 is 9.64 Å². The summed E-state index contributed by atoms with van der Waals surface area (Å²) in [4.78, 5) is 2.33. The van der Waals surface area contributed by atoms with Gasteiger partial charge in [-0.1, -0.05) is 42.5 Å². The first kappa shape index (κ1) is 16.4. The number of hydrogen-bond donors (Lipinski definition) is 0. The summed E-state index contributed by atoms with van der Waals surface area (Å²) in [6.07, 6.45) is 4.52. The van der Waals surface area contributed by atoms with Gasteiger partial charge in [-0.25, -0.2) is 0 Å². The van der Waals surface area contributed by atoms with Crippen LogP contribution in [0.4, 0.5) is 5.69 Å². The number of fused-ring (bicyclic) bond motifs is 4. The van der Waals surface area contributed by atoms with E-state index in [1.807, 2.05) is 0 Å². The fraction of sp³-hybridized carbons (Fsp3) is 0.280. The Balaban J connectivity index is 1.74. The van der Waals surface area contributed by atoms with Crippen molar-refractivity contribution in [3.63, 3.8) is 0 Å². The lowest BCUT2D eigenvalue weighted by molar-refractivity contribution is 0.0581. The summed E-state index contributed by atoms with van der Waals surface area (Å²) in [6, 6.07) is 17.2. The van der Waals surface area contributed by atoms with Crippen molar-refractivity contribution in [2.24, 2.45) is 0 Å². The second-order valence-electron chi connectivity index (χ2n) is 8.44. The first-order chi connectivity index (χ1) is 12.9. The van der Waals surface area contributed by atoms with E-state index in [2.05, 4.69) is 100 Å². The molecule has 0 saturated heterocycles. The van der Waals surface area contributed by atoms with Crippen LogP contribution < -0.4 is 9.64 Å². The molecule has 1 spiro atoms. The van der Waals surface area contributed by atoms with Crippen LogP contribution in [0.5, 0.6) is 5.75 Å². The molecule has 1 atom stereocenters. The standard InChI is InChI=1S/C25H25NO/c1-16-10-11-17(2)23-22(16)24(3,4)25(26(23)5)15-14-20-19-9-7-6-8-18(19)12-13-21(20)27-25/h6-15H,1-5H3. The Kier molecular flexibility index (Phi) is 3.14. The van der Waals surface area contributed by atoms with E-state index in [-0.39, 0.29) is 5.41 Å². The number of aryl methyl sites for hydroxylation is 2. The highest BCUT2D eigenvalue weighted by molar-refractivity contribution is 5.94. The highest BCUT2D eigenvalue weighted by Gasteiger charge is 2.58. The molecule has 3 aromatic rings. The summed E-state index contributed by atoms with van der Waals surface area (Å²) >= 11 is 0. The monoisotopic (exact) mass is 355 g/mol. The molecule has 0 bridgehead atoms. The Morgan fingerprint density at radius 3 is 2.41 bits per heavy atom.